The number of hydrogen-bond donors (Lipinski definition) is 0. The second-order valence-corrected chi connectivity index (χ2v) is 2.11. The lowest BCUT2D eigenvalue weighted by Gasteiger charge is -2.11. The summed E-state index contributed by atoms with van der Waals surface area (Å²) >= 11 is 0. The summed E-state index contributed by atoms with van der Waals surface area (Å²) in [5, 5.41) is 0. The van der Waals surface area contributed by atoms with Gasteiger partial charge in [0.2, 0.25) is 0 Å². The molecule has 0 aromatic heterocycles. The predicted molar refractivity (Wildman–Crippen MR) is 42.1 cm³/mol. The molecule has 0 N–H and O–H groups in total. The van der Waals surface area contributed by atoms with Gasteiger partial charge in [0.05, 0.1) is 0 Å². The van der Waals surface area contributed by atoms with E-state index in [1.165, 1.54) is 19.9 Å². The SMILES string of the molecule is C/C=C/C(OC(C)=O)OC(C)=O. The molecule has 0 saturated heterocycles. The maximum Gasteiger partial charge on any atom is 0.305 e. The molecule has 0 aromatic carbocycles. The zero-order chi connectivity index (χ0) is 9.56. The van der Waals surface area contributed by atoms with E-state index in [0.717, 1.165) is 0 Å². The average molecular weight is 172 g/mol. The lowest BCUT2D eigenvalue weighted by molar-refractivity contribution is -0.176. The Morgan fingerprint density at radius 1 is 1.17 bits per heavy atom. The summed E-state index contributed by atoms with van der Waals surface area (Å²) < 4.78 is 9.27. The fourth-order valence-electron chi connectivity index (χ4n) is 0.587. The van der Waals surface area contributed by atoms with Crippen molar-refractivity contribution in [1.29, 1.82) is 0 Å². The van der Waals surface area contributed by atoms with Crippen LogP contribution in [-0.4, -0.2) is 18.2 Å². The van der Waals surface area contributed by atoms with Gasteiger partial charge in [0.25, 0.3) is 6.29 Å². The van der Waals surface area contributed by atoms with Crippen LogP contribution < -0.4 is 0 Å². The van der Waals surface area contributed by atoms with Crippen molar-refractivity contribution >= 4 is 11.9 Å². The highest BCUT2D eigenvalue weighted by molar-refractivity contribution is 5.68. The summed E-state index contributed by atoms with van der Waals surface area (Å²) in [5.41, 5.74) is 0. The van der Waals surface area contributed by atoms with Gasteiger partial charge in [-0.2, -0.15) is 0 Å². The highest BCUT2D eigenvalue weighted by atomic mass is 16.7. The largest absolute Gasteiger partial charge is 0.421 e. The van der Waals surface area contributed by atoms with E-state index in [9.17, 15) is 9.59 Å². The first kappa shape index (κ1) is 10.7. The molecule has 0 aromatic rings. The molecule has 68 valence electrons. The molecule has 0 aliphatic heterocycles. The van der Waals surface area contributed by atoms with E-state index in [-0.39, 0.29) is 0 Å². The van der Waals surface area contributed by atoms with E-state index in [2.05, 4.69) is 9.47 Å². The summed E-state index contributed by atoms with van der Waals surface area (Å²) in [6.45, 7) is 4.24. The summed E-state index contributed by atoms with van der Waals surface area (Å²) in [6.07, 6.45) is 2.21. The van der Waals surface area contributed by atoms with E-state index in [1.54, 1.807) is 13.0 Å². The molecular weight excluding hydrogens is 160 g/mol. The molecular formula is C8H12O4. The van der Waals surface area contributed by atoms with Crippen molar-refractivity contribution in [3.8, 4) is 0 Å². The van der Waals surface area contributed by atoms with E-state index >= 15 is 0 Å². The minimum Gasteiger partial charge on any atom is -0.421 e. The van der Waals surface area contributed by atoms with Gasteiger partial charge in [-0.15, -0.1) is 0 Å². The smallest absolute Gasteiger partial charge is 0.305 e. The van der Waals surface area contributed by atoms with Gasteiger partial charge in [0, 0.05) is 13.8 Å². The number of rotatable bonds is 3. The van der Waals surface area contributed by atoms with Gasteiger partial charge in [-0.05, 0) is 13.0 Å². The first-order chi connectivity index (χ1) is 5.56. The number of hydrogen-bond acceptors (Lipinski definition) is 4. The molecule has 0 saturated carbocycles. The Labute approximate surface area is 71.2 Å². The number of carbonyl (C=O) groups excluding carboxylic acids is 2. The number of carbonyl (C=O) groups is 2. The predicted octanol–water partition coefficient (Wildman–Crippen LogP) is 1.01. The van der Waals surface area contributed by atoms with Crippen LogP contribution in [0, 0.1) is 0 Å². The third-order valence-electron chi connectivity index (χ3n) is 0.914. The van der Waals surface area contributed by atoms with E-state index in [4.69, 9.17) is 0 Å². The van der Waals surface area contributed by atoms with Gasteiger partial charge in [0.15, 0.2) is 0 Å². The van der Waals surface area contributed by atoms with Crippen LogP contribution in [0.4, 0.5) is 0 Å². The Balaban J connectivity index is 4.03. The van der Waals surface area contributed by atoms with Crippen molar-refractivity contribution in [1.82, 2.24) is 0 Å². The summed E-state index contributed by atoms with van der Waals surface area (Å²) in [4.78, 5) is 20.9. The van der Waals surface area contributed by atoms with Crippen LogP contribution in [0.2, 0.25) is 0 Å². The van der Waals surface area contributed by atoms with Crippen molar-refractivity contribution in [3.05, 3.63) is 12.2 Å². The van der Waals surface area contributed by atoms with Crippen LogP contribution in [0.3, 0.4) is 0 Å². The van der Waals surface area contributed by atoms with E-state index in [1.807, 2.05) is 0 Å². The molecule has 0 radical (unpaired) electrons. The molecule has 0 spiro atoms. The maximum atomic E-state index is 10.5. The molecule has 0 amide bonds. The Kier molecular flexibility index (Phi) is 4.76. The quantitative estimate of drug-likeness (QED) is 0.362. The highest BCUT2D eigenvalue weighted by Crippen LogP contribution is 1.98. The van der Waals surface area contributed by atoms with Gasteiger partial charge < -0.3 is 9.47 Å². The summed E-state index contributed by atoms with van der Waals surface area (Å²) in [6, 6.07) is 0. The molecule has 0 fully saturated rings. The standard InChI is InChI=1S/C8H12O4/c1-4-5-8(11-6(2)9)12-7(3)10/h4-5,8H,1-3H3/b5-4+. The molecule has 4 nitrogen and oxygen atoms in total. The minimum atomic E-state index is -0.898. The van der Waals surface area contributed by atoms with Gasteiger partial charge in [-0.1, -0.05) is 6.08 Å². The van der Waals surface area contributed by atoms with E-state index < -0.39 is 18.2 Å². The second kappa shape index (κ2) is 5.35. The molecule has 0 atom stereocenters. The normalized spacial score (nSPS) is 10.3. The Morgan fingerprint density at radius 2 is 1.58 bits per heavy atom. The average Bonchev–Trinajstić information content (AvgIpc) is 1.84. The first-order valence-electron chi connectivity index (χ1n) is 3.53. The van der Waals surface area contributed by atoms with Gasteiger partial charge in [-0.3, -0.25) is 9.59 Å². The molecule has 0 heterocycles. The van der Waals surface area contributed by atoms with Crippen LogP contribution in [0.1, 0.15) is 20.8 Å². The second-order valence-electron chi connectivity index (χ2n) is 2.11. The van der Waals surface area contributed by atoms with Crippen LogP contribution in [-0.2, 0) is 19.1 Å². The zero-order valence-corrected chi connectivity index (χ0v) is 7.37. The van der Waals surface area contributed by atoms with Crippen LogP contribution >= 0.6 is 0 Å². The summed E-state index contributed by atoms with van der Waals surface area (Å²) in [5.74, 6) is -0.973. The fraction of sp³-hybridized carbons (Fsp3) is 0.500. The zero-order valence-electron chi connectivity index (χ0n) is 7.37. The van der Waals surface area contributed by atoms with E-state index in [0.29, 0.717) is 0 Å². The van der Waals surface area contributed by atoms with Crippen molar-refractivity contribution < 1.29 is 19.1 Å². The molecule has 0 unspecified atom stereocenters. The molecule has 0 bridgehead atoms. The van der Waals surface area contributed by atoms with Crippen LogP contribution in [0.5, 0.6) is 0 Å². The highest BCUT2D eigenvalue weighted by Gasteiger charge is 2.09. The third-order valence-corrected chi connectivity index (χ3v) is 0.914. The Bertz CT molecular complexity index is 179. The lowest BCUT2D eigenvalue weighted by atomic mass is 10.5. The lowest BCUT2D eigenvalue weighted by Crippen LogP contribution is -2.19. The monoisotopic (exact) mass is 172 g/mol. The Hall–Kier alpha value is -1.32. The third kappa shape index (κ3) is 5.46. The summed E-state index contributed by atoms with van der Waals surface area (Å²) in [7, 11) is 0. The van der Waals surface area contributed by atoms with Gasteiger partial charge >= 0.3 is 11.9 Å². The van der Waals surface area contributed by atoms with Crippen molar-refractivity contribution in [2.75, 3.05) is 0 Å². The molecule has 0 aliphatic carbocycles. The van der Waals surface area contributed by atoms with Crippen molar-refractivity contribution in [2.45, 2.75) is 27.1 Å². The van der Waals surface area contributed by atoms with Gasteiger partial charge in [0.1, 0.15) is 0 Å². The Morgan fingerprint density at radius 3 is 1.83 bits per heavy atom. The number of allylic oxidation sites excluding steroid dienone is 1. The minimum absolute atomic E-state index is 0.487. The van der Waals surface area contributed by atoms with Crippen molar-refractivity contribution in [3.63, 3.8) is 0 Å². The fourth-order valence-corrected chi connectivity index (χ4v) is 0.587. The number of esters is 2. The van der Waals surface area contributed by atoms with Crippen LogP contribution in [0.15, 0.2) is 12.2 Å². The topological polar surface area (TPSA) is 52.6 Å². The van der Waals surface area contributed by atoms with Gasteiger partial charge in [-0.25, -0.2) is 0 Å². The molecule has 12 heavy (non-hydrogen) atoms. The van der Waals surface area contributed by atoms with Crippen molar-refractivity contribution in [2.24, 2.45) is 0 Å². The maximum absolute atomic E-state index is 10.5. The first-order valence-corrected chi connectivity index (χ1v) is 3.53. The van der Waals surface area contributed by atoms with Crippen LogP contribution in [0.25, 0.3) is 0 Å². The molecule has 4 heteroatoms. The number of ether oxygens (including phenoxy) is 2. The molecule has 0 rings (SSSR count). The molecule has 0 aliphatic rings.